The lowest BCUT2D eigenvalue weighted by atomic mass is 10.3. The minimum Gasteiger partial charge on any atom is -0.295 e. The maximum atomic E-state index is 13.5. The first-order chi connectivity index (χ1) is 13.8. The van der Waals surface area contributed by atoms with E-state index in [0.717, 1.165) is 10.6 Å². The van der Waals surface area contributed by atoms with E-state index in [1.165, 1.54) is 19.2 Å². The van der Waals surface area contributed by atoms with Crippen molar-refractivity contribution in [1.29, 1.82) is 0 Å². The molecule has 0 saturated carbocycles. The molecule has 2 aromatic heterocycles. The molecule has 0 bridgehead atoms. The number of aromatic nitrogens is 4. The molecule has 29 heavy (non-hydrogen) atoms. The number of nitrogens with one attached hydrogen (secondary N) is 3. The van der Waals surface area contributed by atoms with Crippen LogP contribution in [0.4, 0.5) is 10.2 Å². The number of nitrogens with zero attached hydrogens (tertiary/aromatic N) is 4. The highest BCUT2D eigenvalue weighted by Crippen LogP contribution is 2.26. The lowest BCUT2D eigenvalue weighted by Gasteiger charge is -2.07. The summed E-state index contributed by atoms with van der Waals surface area (Å²) in [4.78, 5) is 17.2. The minimum atomic E-state index is -3.59. The Labute approximate surface area is 170 Å². The SMILES string of the molecule is CNS(=O)(=O)NCCONc1nonc1-c1noc(=O)n1-c1ccc(F)c(Br)c1. The fourth-order valence-electron chi connectivity index (χ4n) is 2.07. The van der Waals surface area contributed by atoms with Gasteiger partial charge in [-0.15, -0.1) is 0 Å². The third-order valence-electron chi connectivity index (χ3n) is 3.40. The van der Waals surface area contributed by atoms with Gasteiger partial charge in [-0.05, 0) is 44.4 Å². The molecule has 0 aliphatic rings. The standard InChI is InChI=1S/C13H13BrFN7O6S/c1-16-29(24,25)17-4-5-26-19-11-10(18-28-20-11)12-21-27-13(23)22(12)7-2-3-9(15)8(14)6-7/h2-3,6,16-17H,4-5H2,1H3,(H,19,20). The van der Waals surface area contributed by atoms with E-state index in [1.54, 1.807) is 0 Å². The van der Waals surface area contributed by atoms with Gasteiger partial charge in [-0.3, -0.25) is 9.36 Å². The van der Waals surface area contributed by atoms with Crippen molar-refractivity contribution in [2.45, 2.75) is 0 Å². The summed E-state index contributed by atoms with van der Waals surface area (Å²) in [5.41, 5.74) is 2.63. The van der Waals surface area contributed by atoms with Crippen LogP contribution in [-0.4, -0.2) is 48.7 Å². The third kappa shape index (κ3) is 4.85. The van der Waals surface area contributed by atoms with Crippen LogP contribution in [0.1, 0.15) is 0 Å². The van der Waals surface area contributed by atoms with E-state index in [4.69, 9.17) is 4.84 Å². The fraction of sp³-hybridized carbons (Fsp3) is 0.231. The van der Waals surface area contributed by atoms with Crippen LogP contribution >= 0.6 is 15.9 Å². The van der Waals surface area contributed by atoms with Gasteiger partial charge in [0.25, 0.3) is 10.2 Å². The number of halogens is 2. The molecule has 0 unspecified atom stereocenters. The van der Waals surface area contributed by atoms with E-state index in [2.05, 4.69) is 55.5 Å². The van der Waals surface area contributed by atoms with Crippen LogP contribution in [0.15, 0.2) is 36.6 Å². The molecule has 13 nitrogen and oxygen atoms in total. The van der Waals surface area contributed by atoms with E-state index in [9.17, 15) is 17.6 Å². The van der Waals surface area contributed by atoms with E-state index < -0.39 is 21.8 Å². The van der Waals surface area contributed by atoms with Crippen LogP contribution in [0.2, 0.25) is 0 Å². The van der Waals surface area contributed by atoms with Gasteiger partial charge in [0.2, 0.25) is 17.3 Å². The van der Waals surface area contributed by atoms with Gasteiger partial charge >= 0.3 is 5.76 Å². The number of anilines is 1. The van der Waals surface area contributed by atoms with Gasteiger partial charge in [0.05, 0.1) is 16.8 Å². The summed E-state index contributed by atoms with van der Waals surface area (Å²) in [5.74, 6) is -1.51. The fourth-order valence-corrected chi connectivity index (χ4v) is 2.94. The Morgan fingerprint density at radius 1 is 1.31 bits per heavy atom. The van der Waals surface area contributed by atoms with Crippen molar-refractivity contribution in [2.75, 3.05) is 25.7 Å². The molecule has 2 heterocycles. The lowest BCUT2D eigenvalue weighted by Crippen LogP contribution is -2.36. The summed E-state index contributed by atoms with van der Waals surface area (Å²) in [6, 6.07) is 3.84. The first-order valence-electron chi connectivity index (χ1n) is 7.75. The molecule has 0 atom stereocenters. The topological polar surface area (TPSA) is 166 Å². The molecule has 1 aromatic carbocycles. The van der Waals surface area contributed by atoms with Crippen LogP contribution in [0.5, 0.6) is 0 Å². The molecular formula is C13H13BrFN7O6S. The average Bonchev–Trinajstić information content (AvgIpc) is 3.30. The predicted octanol–water partition coefficient (Wildman–Crippen LogP) is 0.174. The second-order valence-electron chi connectivity index (χ2n) is 5.22. The Morgan fingerprint density at radius 2 is 2.10 bits per heavy atom. The molecular weight excluding hydrogens is 481 g/mol. The van der Waals surface area contributed by atoms with E-state index in [-0.39, 0.29) is 40.6 Å². The molecule has 3 aromatic rings. The van der Waals surface area contributed by atoms with Gasteiger partial charge < -0.3 is 0 Å². The number of hydrogen-bond acceptors (Lipinski definition) is 10. The van der Waals surface area contributed by atoms with Gasteiger partial charge in [-0.2, -0.15) is 13.1 Å². The van der Waals surface area contributed by atoms with Gasteiger partial charge in [0, 0.05) is 13.6 Å². The predicted molar refractivity (Wildman–Crippen MR) is 98.6 cm³/mol. The summed E-state index contributed by atoms with van der Waals surface area (Å²) >= 11 is 3.04. The number of hydrogen-bond donors (Lipinski definition) is 3. The van der Waals surface area contributed by atoms with Crippen molar-refractivity contribution >= 4 is 32.0 Å². The Morgan fingerprint density at radius 3 is 2.83 bits per heavy atom. The van der Waals surface area contributed by atoms with Crippen molar-refractivity contribution < 1.29 is 26.8 Å². The maximum absolute atomic E-state index is 13.5. The Bertz CT molecular complexity index is 1160. The zero-order valence-electron chi connectivity index (χ0n) is 14.5. The highest BCUT2D eigenvalue weighted by atomic mass is 79.9. The molecule has 0 amide bonds. The number of rotatable bonds is 9. The largest absolute Gasteiger partial charge is 0.446 e. The van der Waals surface area contributed by atoms with E-state index in [0.29, 0.717) is 0 Å². The van der Waals surface area contributed by atoms with Crippen LogP contribution in [0.25, 0.3) is 17.2 Å². The van der Waals surface area contributed by atoms with Gasteiger partial charge in [0.15, 0.2) is 0 Å². The van der Waals surface area contributed by atoms with E-state index in [1.807, 2.05) is 0 Å². The zero-order valence-corrected chi connectivity index (χ0v) is 17.0. The van der Waals surface area contributed by atoms with Gasteiger partial charge in [-0.25, -0.2) is 28.6 Å². The van der Waals surface area contributed by atoms with Crippen LogP contribution in [0, 0.1) is 5.82 Å². The van der Waals surface area contributed by atoms with E-state index >= 15 is 0 Å². The minimum absolute atomic E-state index is 0.0351. The Kier molecular flexibility index (Phi) is 6.38. The highest BCUT2D eigenvalue weighted by molar-refractivity contribution is 9.10. The molecule has 3 N–H and O–H groups in total. The average molecular weight is 494 g/mol. The molecule has 156 valence electrons. The highest BCUT2D eigenvalue weighted by Gasteiger charge is 2.23. The molecule has 0 spiro atoms. The molecule has 0 aliphatic carbocycles. The van der Waals surface area contributed by atoms with Crippen molar-refractivity contribution in [3.05, 3.63) is 39.0 Å². The van der Waals surface area contributed by atoms with Crippen LogP contribution in [-0.2, 0) is 15.0 Å². The summed E-state index contributed by atoms with van der Waals surface area (Å²) in [5, 5.41) is 10.9. The Hall–Kier alpha value is -2.66. The number of benzene rings is 1. The molecule has 0 saturated heterocycles. The van der Waals surface area contributed by atoms with Crippen molar-refractivity contribution in [2.24, 2.45) is 0 Å². The quantitative estimate of drug-likeness (QED) is 0.276. The maximum Gasteiger partial charge on any atom is 0.446 e. The third-order valence-corrected chi connectivity index (χ3v) is 5.13. The monoisotopic (exact) mass is 493 g/mol. The summed E-state index contributed by atoms with van der Waals surface area (Å²) < 4.78 is 50.7. The zero-order chi connectivity index (χ0) is 21.0. The molecule has 0 fully saturated rings. The first-order valence-corrected chi connectivity index (χ1v) is 10.0. The second kappa shape index (κ2) is 8.78. The normalized spacial score (nSPS) is 11.7. The summed E-state index contributed by atoms with van der Waals surface area (Å²) in [6.45, 7) is -0.126. The van der Waals surface area contributed by atoms with Gasteiger partial charge in [0.1, 0.15) is 5.82 Å². The first kappa shape index (κ1) is 21.1. The second-order valence-corrected chi connectivity index (χ2v) is 7.78. The van der Waals surface area contributed by atoms with Crippen molar-refractivity contribution in [3.63, 3.8) is 0 Å². The lowest BCUT2D eigenvalue weighted by molar-refractivity contribution is 0.195. The smallest absolute Gasteiger partial charge is 0.295 e. The summed E-state index contributed by atoms with van der Waals surface area (Å²) in [6.07, 6.45) is 0. The molecule has 0 radical (unpaired) electrons. The Balaban J connectivity index is 1.77. The molecule has 0 aliphatic heterocycles. The summed E-state index contributed by atoms with van der Waals surface area (Å²) in [7, 11) is -2.33. The molecule has 16 heteroatoms. The molecule has 3 rings (SSSR count). The van der Waals surface area contributed by atoms with Crippen LogP contribution in [0.3, 0.4) is 0 Å². The van der Waals surface area contributed by atoms with Gasteiger partial charge in [-0.1, -0.05) is 5.16 Å². The van der Waals surface area contributed by atoms with Crippen molar-refractivity contribution in [1.82, 2.24) is 29.5 Å². The van der Waals surface area contributed by atoms with Crippen molar-refractivity contribution in [3.8, 4) is 17.2 Å². The van der Waals surface area contributed by atoms with Crippen LogP contribution < -0.4 is 20.7 Å².